The molecule has 1 atom stereocenters. The van der Waals surface area contributed by atoms with Gasteiger partial charge in [0.15, 0.2) is 0 Å². The van der Waals surface area contributed by atoms with E-state index in [-0.39, 0.29) is 0 Å². The topological polar surface area (TPSA) is 37.8 Å². The van der Waals surface area contributed by atoms with Crippen molar-refractivity contribution in [2.45, 2.75) is 32.1 Å². The molecular weight excluding hydrogens is 246 g/mol. The van der Waals surface area contributed by atoms with Crippen LogP contribution in [0, 0.1) is 0 Å². The summed E-state index contributed by atoms with van der Waals surface area (Å²) in [6.45, 7) is 6.48. The maximum Gasteiger partial charge on any atom is 0.134 e. The molecule has 2 heterocycles. The highest BCUT2D eigenvalue weighted by atomic mass is 15.0. The third-order valence-corrected chi connectivity index (χ3v) is 4.21. The minimum absolute atomic E-state index is 0.481. The Bertz CT molecular complexity index is 573. The van der Waals surface area contributed by atoms with E-state index in [1.807, 2.05) is 12.3 Å². The maximum atomic E-state index is 4.71. The van der Waals surface area contributed by atoms with Gasteiger partial charge in [-0.3, -0.25) is 0 Å². The molecular formula is C17H21N3. The standard InChI is InChI=1S/C17H21N3/c1-3-12(2)13-4-6-14(7-5-13)16-8-9-19-17(20-16)15-10-18-11-15/h4-9,12,15,18H,3,10-11H2,1-2H3. The number of nitrogens with one attached hydrogen (secondary N) is 1. The summed E-state index contributed by atoms with van der Waals surface area (Å²) in [6, 6.07) is 10.8. The lowest BCUT2D eigenvalue weighted by molar-refractivity contribution is 0.430. The molecule has 1 aliphatic heterocycles. The summed E-state index contributed by atoms with van der Waals surface area (Å²) in [6.07, 6.45) is 3.05. The van der Waals surface area contributed by atoms with E-state index in [9.17, 15) is 0 Å². The van der Waals surface area contributed by atoms with Crippen LogP contribution in [0.3, 0.4) is 0 Å². The van der Waals surface area contributed by atoms with Gasteiger partial charge in [-0.25, -0.2) is 9.97 Å². The lowest BCUT2D eigenvalue weighted by Crippen LogP contribution is -2.40. The van der Waals surface area contributed by atoms with Gasteiger partial charge in [-0.2, -0.15) is 0 Å². The fraction of sp³-hybridized carbons (Fsp3) is 0.412. The summed E-state index contributed by atoms with van der Waals surface area (Å²) in [5.41, 5.74) is 3.60. The highest BCUT2D eigenvalue weighted by Gasteiger charge is 2.21. The second-order valence-electron chi connectivity index (χ2n) is 5.59. The monoisotopic (exact) mass is 267 g/mol. The molecule has 0 bridgehead atoms. The molecule has 3 nitrogen and oxygen atoms in total. The summed E-state index contributed by atoms with van der Waals surface area (Å²) in [5, 5.41) is 3.27. The Morgan fingerprint density at radius 2 is 1.95 bits per heavy atom. The van der Waals surface area contributed by atoms with E-state index in [1.165, 1.54) is 17.5 Å². The molecule has 3 rings (SSSR count). The van der Waals surface area contributed by atoms with Crippen molar-refractivity contribution in [1.82, 2.24) is 15.3 Å². The number of hydrogen-bond acceptors (Lipinski definition) is 3. The van der Waals surface area contributed by atoms with E-state index in [4.69, 9.17) is 4.98 Å². The molecule has 0 spiro atoms. The zero-order valence-corrected chi connectivity index (χ0v) is 12.1. The summed E-state index contributed by atoms with van der Waals surface area (Å²) in [4.78, 5) is 9.10. The maximum absolute atomic E-state index is 4.71. The van der Waals surface area contributed by atoms with Crippen molar-refractivity contribution < 1.29 is 0 Å². The van der Waals surface area contributed by atoms with Crippen molar-refractivity contribution in [3.63, 3.8) is 0 Å². The van der Waals surface area contributed by atoms with Crippen molar-refractivity contribution in [3.05, 3.63) is 47.9 Å². The molecule has 0 aliphatic carbocycles. The molecule has 1 aromatic heterocycles. The normalized spacial score (nSPS) is 16.7. The van der Waals surface area contributed by atoms with Crippen LogP contribution in [0.4, 0.5) is 0 Å². The van der Waals surface area contributed by atoms with Gasteiger partial charge < -0.3 is 5.32 Å². The lowest BCUT2D eigenvalue weighted by Gasteiger charge is -2.25. The molecule has 1 aromatic carbocycles. The molecule has 0 amide bonds. The van der Waals surface area contributed by atoms with Crippen LogP contribution in [0.25, 0.3) is 11.3 Å². The summed E-state index contributed by atoms with van der Waals surface area (Å²) in [5.74, 6) is 2.06. The molecule has 1 N–H and O–H groups in total. The van der Waals surface area contributed by atoms with Crippen molar-refractivity contribution in [3.8, 4) is 11.3 Å². The Kier molecular flexibility index (Phi) is 3.79. The summed E-state index contributed by atoms with van der Waals surface area (Å²) >= 11 is 0. The van der Waals surface area contributed by atoms with Crippen LogP contribution in [-0.4, -0.2) is 23.1 Å². The molecule has 1 saturated heterocycles. The third-order valence-electron chi connectivity index (χ3n) is 4.21. The first-order valence-electron chi connectivity index (χ1n) is 7.42. The smallest absolute Gasteiger partial charge is 0.134 e. The Morgan fingerprint density at radius 1 is 1.20 bits per heavy atom. The highest BCUT2D eigenvalue weighted by Crippen LogP contribution is 2.24. The van der Waals surface area contributed by atoms with Crippen molar-refractivity contribution in [2.24, 2.45) is 0 Å². The zero-order valence-electron chi connectivity index (χ0n) is 12.1. The van der Waals surface area contributed by atoms with Crippen LogP contribution in [0.1, 0.15) is 43.5 Å². The van der Waals surface area contributed by atoms with Crippen LogP contribution in [0.5, 0.6) is 0 Å². The minimum atomic E-state index is 0.481. The second kappa shape index (κ2) is 5.71. The van der Waals surface area contributed by atoms with Crippen molar-refractivity contribution in [1.29, 1.82) is 0 Å². The van der Waals surface area contributed by atoms with Crippen LogP contribution in [0.2, 0.25) is 0 Å². The second-order valence-corrected chi connectivity index (χ2v) is 5.59. The summed E-state index contributed by atoms with van der Waals surface area (Å²) in [7, 11) is 0. The average Bonchev–Trinajstić information content (AvgIpc) is 2.45. The molecule has 104 valence electrons. The van der Waals surface area contributed by atoms with E-state index >= 15 is 0 Å². The van der Waals surface area contributed by atoms with Gasteiger partial charge in [0.2, 0.25) is 0 Å². The largest absolute Gasteiger partial charge is 0.315 e. The van der Waals surface area contributed by atoms with Gasteiger partial charge in [0.25, 0.3) is 0 Å². The van der Waals surface area contributed by atoms with Crippen molar-refractivity contribution in [2.75, 3.05) is 13.1 Å². The Morgan fingerprint density at radius 3 is 2.55 bits per heavy atom. The molecule has 0 radical (unpaired) electrons. The quantitative estimate of drug-likeness (QED) is 0.923. The summed E-state index contributed by atoms with van der Waals surface area (Å²) < 4.78 is 0. The van der Waals surface area contributed by atoms with E-state index in [0.29, 0.717) is 11.8 Å². The van der Waals surface area contributed by atoms with E-state index in [0.717, 1.165) is 24.6 Å². The van der Waals surface area contributed by atoms with Crippen LogP contribution >= 0.6 is 0 Å². The van der Waals surface area contributed by atoms with Gasteiger partial charge in [0, 0.05) is 30.8 Å². The number of aromatic nitrogens is 2. The van der Waals surface area contributed by atoms with Gasteiger partial charge in [0.1, 0.15) is 5.82 Å². The molecule has 1 fully saturated rings. The number of hydrogen-bond donors (Lipinski definition) is 1. The molecule has 0 saturated carbocycles. The molecule has 1 aliphatic rings. The number of benzene rings is 1. The fourth-order valence-corrected chi connectivity index (χ4v) is 2.42. The van der Waals surface area contributed by atoms with Crippen LogP contribution in [0.15, 0.2) is 36.5 Å². The SMILES string of the molecule is CCC(C)c1ccc(-c2ccnc(C3CNC3)n2)cc1. The third kappa shape index (κ3) is 2.59. The van der Waals surface area contributed by atoms with E-state index < -0.39 is 0 Å². The molecule has 1 unspecified atom stereocenters. The predicted octanol–water partition coefficient (Wildman–Crippen LogP) is 3.34. The van der Waals surface area contributed by atoms with Gasteiger partial charge >= 0.3 is 0 Å². The molecule has 3 heteroatoms. The lowest BCUT2D eigenvalue weighted by atomic mass is 9.97. The van der Waals surface area contributed by atoms with Crippen LogP contribution in [-0.2, 0) is 0 Å². The Balaban J connectivity index is 1.85. The van der Waals surface area contributed by atoms with Gasteiger partial charge in [-0.1, -0.05) is 38.1 Å². The highest BCUT2D eigenvalue weighted by molar-refractivity contribution is 5.59. The zero-order chi connectivity index (χ0) is 13.9. The number of nitrogens with zero attached hydrogens (tertiary/aromatic N) is 2. The van der Waals surface area contributed by atoms with E-state index in [1.54, 1.807) is 0 Å². The van der Waals surface area contributed by atoms with Gasteiger partial charge in [-0.15, -0.1) is 0 Å². The Hall–Kier alpha value is -1.74. The average molecular weight is 267 g/mol. The Labute approximate surface area is 120 Å². The van der Waals surface area contributed by atoms with E-state index in [2.05, 4.69) is 48.4 Å². The van der Waals surface area contributed by atoms with Gasteiger partial charge in [0.05, 0.1) is 5.69 Å². The predicted molar refractivity (Wildman–Crippen MR) is 81.8 cm³/mol. The minimum Gasteiger partial charge on any atom is -0.315 e. The van der Waals surface area contributed by atoms with Crippen molar-refractivity contribution >= 4 is 0 Å². The first-order valence-corrected chi connectivity index (χ1v) is 7.42. The first kappa shape index (κ1) is 13.3. The first-order chi connectivity index (χ1) is 9.78. The van der Waals surface area contributed by atoms with Gasteiger partial charge in [-0.05, 0) is 24.0 Å². The fourth-order valence-electron chi connectivity index (χ4n) is 2.42. The van der Waals surface area contributed by atoms with Crippen LogP contribution < -0.4 is 5.32 Å². The molecule has 20 heavy (non-hydrogen) atoms. The molecule has 2 aromatic rings. The number of rotatable bonds is 4.